The summed E-state index contributed by atoms with van der Waals surface area (Å²) in [7, 11) is 0. The molecule has 116 valence electrons. The Morgan fingerprint density at radius 1 is 1.05 bits per heavy atom. The molecule has 0 bridgehead atoms. The number of Topliss-reactive ketones (excluding diaryl/α,β-unsaturated/α-hetero) is 1. The van der Waals surface area contributed by atoms with E-state index >= 15 is 0 Å². The van der Waals surface area contributed by atoms with Crippen LogP contribution in [0.2, 0.25) is 0 Å². The number of aromatic hydroxyl groups is 2. The zero-order chi connectivity index (χ0) is 15.9. The van der Waals surface area contributed by atoms with Gasteiger partial charge in [0.1, 0.15) is 0 Å². The average Bonchev–Trinajstić information content (AvgIpc) is 2.52. The normalized spacial score (nSPS) is 10.4. The second-order valence-corrected chi connectivity index (χ2v) is 5.10. The molecule has 0 fully saturated rings. The molecule has 0 unspecified atom stereocenters. The fourth-order valence-electron chi connectivity index (χ4n) is 2.11. The summed E-state index contributed by atoms with van der Waals surface area (Å²) in [6.07, 6.45) is 2.00. The van der Waals surface area contributed by atoms with Gasteiger partial charge in [-0.05, 0) is 24.1 Å². The summed E-state index contributed by atoms with van der Waals surface area (Å²) >= 11 is 0. The maximum absolute atomic E-state index is 12.2. The van der Waals surface area contributed by atoms with E-state index in [0.29, 0.717) is 6.61 Å². The number of phenols is 2. The Labute approximate surface area is 130 Å². The molecule has 0 aliphatic carbocycles. The molecule has 4 nitrogen and oxygen atoms in total. The van der Waals surface area contributed by atoms with Crippen molar-refractivity contribution in [3.63, 3.8) is 0 Å². The molecule has 2 N–H and O–H groups in total. The third-order valence-electron chi connectivity index (χ3n) is 3.38. The summed E-state index contributed by atoms with van der Waals surface area (Å²) in [4.78, 5) is 12.2. The molecule has 0 heterocycles. The van der Waals surface area contributed by atoms with Crippen LogP contribution < -0.4 is 4.74 Å². The third-order valence-corrected chi connectivity index (χ3v) is 3.38. The van der Waals surface area contributed by atoms with Gasteiger partial charge in [-0.1, -0.05) is 43.7 Å². The minimum atomic E-state index is -0.421. The van der Waals surface area contributed by atoms with Gasteiger partial charge in [-0.3, -0.25) is 4.79 Å². The van der Waals surface area contributed by atoms with Crippen molar-refractivity contribution < 1.29 is 19.7 Å². The predicted octanol–water partition coefficient (Wildman–Crippen LogP) is 3.70. The van der Waals surface area contributed by atoms with E-state index in [0.717, 1.165) is 18.4 Å². The maximum Gasteiger partial charge on any atom is 0.201 e. The Hall–Kier alpha value is -2.49. The highest BCUT2D eigenvalue weighted by Crippen LogP contribution is 2.38. The largest absolute Gasteiger partial charge is 0.504 e. The highest BCUT2D eigenvalue weighted by molar-refractivity contribution is 6.00. The lowest BCUT2D eigenvalue weighted by Gasteiger charge is -2.11. The number of rotatable bonds is 7. The third kappa shape index (κ3) is 3.79. The molecule has 0 aliphatic rings. The van der Waals surface area contributed by atoms with Crippen LogP contribution in [0.25, 0.3) is 0 Å². The Bertz CT molecular complexity index is 635. The van der Waals surface area contributed by atoms with E-state index in [1.165, 1.54) is 12.1 Å². The summed E-state index contributed by atoms with van der Waals surface area (Å²) in [5, 5.41) is 20.0. The number of carbonyl (C=O) groups excluding carboxylic acids is 1. The van der Waals surface area contributed by atoms with Gasteiger partial charge >= 0.3 is 0 Å². The maximum atomic E-state index is 12.2. The van der Waals surface area contributed by atoms with Crippen molar-refractivity contribution in [2.45, 2.75) is 26.2 Å². The molecule has 0 aliphatic heterocycles. The van der Waals surface area contributed by atoms with Crippen LogP contribution >= 0.6 is 0 Å². The van der Waals surface area contributed by atoms with Crippen molar-refractivity contribution in [1.82, 2.24) is 0 Å². The van der Waals surface area contributed by atoms with Crippen molar-refractivity contribution in [3.05, 3.63) is 53.6 Å². The molecular weight excluding hydrogens is 280 g/mol. The molecule has 4 heteroatoms. The molecule has 0 spiro atoms. The van der Waals surface area contributed by atoms with Crippen LogP contribution in [0.5, 0.6) is 17.2 Å². The molecule has 2 rings (SSSR count). The Morgan fingerprint density at radius 3 is 2.45 bits per heavy atom. The molecule has 0 saturated carbocycles. The molecule has 22 heavy (non-hydrogen) atoms. The minimum Gasteiger partial charge on any atom is -0.504 e. The van der Waals surface area contributed by atoms with Crippen LogP contribution in [-0.2, 0) is 6.42 Å². The molecule has 2 aromatic rings. The van der Waals surface area contributed by atoms with E-state index < -0.39 is 5.75 Å². The highest BCUT2D eigenvalue weighted by Gasteiger charge is 2.18. The van der Waals surface area contributed by atoms with Gasteiger partial charge in [0, 0.05) is 6.42 Å². The van der Waals surface area contributed by atoms with Crippen molar-refractivity contribution in [2.24, 2.45) is 0 Å². The first-order valence-electron chi connectivity index (χ1n) is 7.38. The fraction of sp³-hybridized carbons (Fsp3) is 0.278. The summed E-state index contributed by atoms with van der Waals surface area (Å²) in [6, 6.07) is 12.3. The number of carbonyl (C=O) groups is 1. The fourth-order valence-corrected chi connectivity index (χ4v) is 2.11. The molecule has 0 aromatic heterocycles. The lowest BCUT2D eigenvalue weighted by Crippen LogP contribution is -2.05. The van der Waals surface area contributed by atoms with Crippen molar-refractivity contribution in [1.29, 1.82) is 0 Å². The SMILES string of the molecule is CCCCOc1ccc(C(=O)Cc2ccccc2)c(O)c1O. The number of unbranched alkanes of at least 4 members (excludes halogenated alkanes) is 1. The average molecular weight is 300 g/mol. The van der Waals surface area contributed by atoms with E-state index in [9.17, 15) is 15.0 Å². The second kappa shape index (κ2) is 7.50. The van der Waals surface area contributed by atoms with Gasteiger partial charge in [0.05, 0.1) is 12.2 Å². The summed E-state index contributed by atoms with van der Waals surface area (Å²) in [6.45, 7) is 2.49. The molecule has 0 amide bonds. The van der Waals surface area contributed by atoms with Crippen LogP contribution in [-0.4, -0.2) is 22.6 Å². The van der Waals surface area contributed by atoms with Crippen LogP contribution in [0.4, 0.5) is 0 Å². The zero-order valence-corrected chi connectivity index (χ0v) is 12.6. The van der Waals surface area contributed by atoms with E-state index in [2.05, 4.69) is 0 Å². The van der Waals surface area contributed by atoms with E-state index in [-0.39, 0.29) is 29.3 Å². The molecular formula is C18H20O4. The van der Waals surface area contributed by atoms with Gasteiger partial charge in [0.25, 0.3) is 0 Å². The van der Waals surface area contributed by atoms with Crippen molar-refractivity contribution in [2.75, 3.05) is 6.61 Å². The quantitative estimate of drug-likeness (QED) is 0.465. The van der Waals surface area contributed by atoms with E-state index in [4.69, 9.17) is 4.74 Å². The highest BCUT2D eigenvalue weighted by atomic mass is 16.5. The van der Waals surface area contributed by atoms with E-state index in [1.54, 1.807) is 0 Å². The first-order valence-corrected chi connectivity index (χ1v) is 7.38. The number of benzene rings is 2. The molecule has 0 atom stereocenters. The van der Waals surface area contributed by atoms with Crippen LogP contribution in [0.15, 0.2) is 42.5 Å². The number of hydrogen-bond donors (Lipinski definition) is 2. The minimum absolute atomic E-state index is 0.101. The van der Waals surface area contributed by atoms with Gasteiger partial charge < -0.3 is 14.9 Å². The lowest BCUT2D eigenvalue weighted by molar-refractivity contribution is 0.0989. The second-order valence-electron chi connectivity index (χ2n) is 5.10. The van der Waals surface area contributed by atoms with Gasteiger partial charge in [-0.15, -0.1) is 0 Å². The first kappa shape index (κ1) is 15.9. The number of hydrogen-bond acceptors (Lipinski definition) is 4. The first-order chi connectivity index (χ1) is 10.6. The van der Waals surface area contributed by atoms with Crippen LogP contribution in [0, 0.1) is 0 Å². The van der Waals surface area contributed by atoms with Crippen LogP contribution in [0.3, 0.4) is 0 Å². The number of ketones is 1. The lowest BCUT2D eigenvalue weighted by atomic mass is 10.0. The van der Waals surface area contributed by atoms with Crippen molar-refractivity contribution in [3.8, 4) is 17.2 Å². The Morgan fingerprint density at radius 2 is 1.77 bits per heavy atom. The monoisotopic (exact) mass is 300 g/mol. The Kier molecular flexibility index (Phi) is 5.42. The summed E-state index contributed by atoms with van der Waals surface area (Å²) < 4.78 is 5.39. The van der Waals surface area contributed by atoms with Gasteiger partial charge in [0.15, 0.2) is 17.3 Å². The topological polar surface area (TPSA) is 66.8 Å². The van der Waals surface area contributed by atoms with Gasteiger partial charge in [-0.2, -0.15) is 0 Å². The summed E-state index contributed by atoms with van der Waals surface area (Å²) in [5.41, 5.74) is 0.957. The standard InChI is InChI=1S/C18H20O4/c1-2-3-11-22-16-10-9-14(17(20)18(16)21)15(19)12-13-7-5-4-6-8-13/h4-10,20-21H,2-3,11-12H2,1H3. The Balaban J connectivity index is 2.14. The molecule has 2 aromatic carbocycles. The molecule has 0 saturated heterocycles. The number of phenolic OH excluding ortho intramolecular Hbond substituents is 2. The summed E-state index contributed by atoms with van der Waals surface area (Å²) in [5.74, 6) is -0.855. The zero-order valence-electron chi connectivity index (χ0n) is 12.6. The smallest absolute Gasteiger partial charge is 0.201 e. The van der Waals surface area contributed by atoms with Crippen LogP contribution in [0.1, 0.15) is 35.7 Å². The van der Waals surface area contributed by atoms with E-state index in [1.807, 2.05) is 37.3 Å². The number of ether oxygens (including phenoxy) is 1. The molecule has 0 radical (unpaired) electrons. The predicted molar refractivity (Wildman–Crippen MR) is 84.7 cm³/mol. The van der Waals surface area contributed by atoms with Gasteiger partial charge in [0.2, 0.25) is 5.75 Å². The van der Waals surface area contributed by atoms with Gasteiger partial charge in [-0.25, -0.2) is 0 Å². The van der Waals surface area contributed by atoms with Crippen molar-refractivity contribution >= 4 is 5.78 Å².